The first-order valence-corrected chi connectivity index (χ1v) is 6.54. The van der Waals surface area contributed by atoms with Crippen LogP contribution in [0.25, 0.3) is 0 Å². The molecule has 1 aromatic rings. The highest BCUT2D eigenvalue weighted by Crippen LogP contribution is 2.32. The summed E-state index contributed by atoms with van der Waals surface area (Å²) < 4.78 is 5.28. The third-order valence-electron chi connectivity index (χ3n) is 3.02. The fourth-order valence-corrected chi connectivity index (χ4v) is 1.68. The monoisotopic (exact) mass is 260 g/mol. The first-order valence-electron chi connectivity index (χ1n) is 6.54. The lowest BCUT2D eigenvalue weighted by atomic mass is 9.80. The molecule has 104 valence electrons. The molecular weight excluding hydrogens is 236 g/mol. The van der Waals surface area contributed by atoms with Gasteiger partial charge in [-0.05, 0) is 34.1 Å². The lowest BCUT2D eigenvalue weighted by Gasteiger charge is -2.25. The van der Waals surface area contributed by atoms with Crippen molar-refractivity contribution in [1.82, 2.24) is 0 Å². The third-order valence-corrected chi connectivity index (χ3v) is 3.02. The van der Waals surface area contributed by atoms with E-state index in [0.717, 1.165) is 11.1 Å². The summed E-state index contributed by atoms with van der Waals surface area (Å²) in [6, 6.07) is 6.04. The van der Waals surface area contributed by atoms with E-state index < -0.39 is 5.97 Å². The summed E-state index contributed by atoms with van der Waals surface area (Å²) in [6.45, 7) is 16.3. The van der Waals surface area contributed by atoms with Crippen LogP contribution in [0.4, 0.5) is 0 Å². The van der Waals surface area contributed by atoms with Crippen LogP contribution in [-0.4, -0.2) is 5.97 Å². The van der Waals surface area contributed by atoms with Gasteiger partial charge in [0.05, 0.1) is 0 Å². The van der Waals surface area contributed by atoms with Crippen LogP contribution >= 0.6 is 0 Å². The standard InChI is InChI=1S/C17H24O2/c1-8-15(18)19-14-10-12(16(2,3)4)9-13(11-14)17(5,6)7/h8-11H,1H2,2-7H3. The van der Waals surface area contributed by atoms with Crippen molar-refractivity contribution in [1.29, 1.82) is 0 Å². The predicted octanol–water partition coefficient (Wildman–Crippen LogP) is 4.37. The molecule has 0 atom stereocenters. The average molecular weight is 260 g/mol. The molecule has 0 unspecified atom stereocenters. The zero-order valence-corrected chi connectivity index (χ0v) is 12.8. The molecule has 2 heteroatoms. The Morgan fingerprint density at radius 3 is 1.74 bits per heavy atom. The van der Waals surface area contributed by atoms with Gasteiger partial charge in [-0.25, -0.2) is 4.79 Å². The lowest BCUT2D eigenvalue weighted by molar-refractivity contribution is -0.128. The van der Waals surface area contributed by atoms with Crippen LogP contribution < -0.4 is 4.74 Å². The summed E-state index contributed by atoms with van der Waals surface area (Å²) in [7, 11) is 0. The van der Waals surface area contributed by atoms with Crippen molar-refractivity contribution in [2.75, 3.05) is 0 Å². The van der Waals surface area contributed by atoms with Crippen molar-refractivity contribution in [3.05, 3.63) is 42.0 Å². The van der Waals surface area contributed by atoms with Crippen LogP contribution in [-0.2, 0) is 15.6 Å². The molecule has 0 heterocycles. The van der Waals surface area contributed by atoms with Gasteiger partial charge in [0.2, 0.25) is 0 Å². The van der Waals surface area contributed by atoms with Gasteiger partial charge >= 0.3 is 5.97 Å². The molecule has 0 aliphatic heterocycles. The zero-order valence-electron chi connectivity index (χ0n) is 12.8. The molecule has 19 heavy (non-hydrogen) atoms. The minimum atomic E-state index is -0.425. The highest BCUT2D eigenvalue weighted by atomic mass is 16.5. The Morgan fingerprint density at radius 1 is 1.00 bits per heavy atom. The molecule has 0 fully saturated rings. The summed E-state index contributed by atoms with van der Waals surface area (Å²) in [5.74, 6) is 0.160. The molecule has 0 amide bonds. The van der Waals surface area contributed by atoms with Crippen LogP contribution in [0.15, 0.2) is 30.9 Å². The molecule has 0 saturated carbocycles. The van der Waals surface area contributed by atoms with Crippen molar-refractivity contribution < 1.29 is 9.53 Å². The van der Waals surface area contributed by atoms with Crippen molar-refractivity contribution in [3.63, 3.8) is 0 Å². The largest absolute Gasteiger partial charge is 0.423 e. The van der Waals surface area contributed by atoms with Gasteiger partial charge in [0, 0.05) is 6.08 Å². The second-order valence-electron chi connectivity index (χ2n) is 6.87. The minimum Gasteiger partial charge on any atom is -0.423 e. The molecular formula is C17H24O2. The average Bonchev–Trinajstić information content (AvgIpc) is 2.26. The van der Waals surface area contributed by atoms with E-state index in [1.54, 1.807) is 0 Å². The molecule has 0 aromatic heterocycles. The maximum absolute atomic E-state index is 11.4. The number of carbonyl (C=O) groups excluding carboxylic acids is 1. The van der Waals surface area contributed by atoms with E-state index in [1.165, 1.54) is 6.08 Å². The van der Waals surface area contributed by atoms with Gasteiger partial charge in [0.1, 0.15) is 5.75 Å². The van der Waals surface area contributed by atoms with Crippen LogP contribution in [0.3, 0.4) is 0 Å². The maximum Gasteiger partial charge on any atom is 0.335 e. The van der Waals surface area contributed by atoms with E-state index in [9.17, 15) is 4.79 Å². The second-order valence-corrected chi connectivity index (χ2v) is 6.87. The Bertz CT molecular complexity index is 453. The normalized spacial score (nSPS) is 12.1. The topological polar surface area (TPSA) is 26.3 Å². The molecule has 1 aromatic carbocycles. The molecule has 0 N–H and O–H groups in total. The summed E-state index contributed by atoms with van der Waals surface area (Å²) in [4.78, 5) is 11.4. The zero-order chi connectivity index (χ0) is 14.8. The third kappa shape index (κ3) is 4.23. The van der Waals surface area contributed by atoms with E-state index in [4.69, 9.17) is 4.74 Å². The van der Waals surface area contributed by atoms with Crippen LogP contribution in [0, 0.1) is 0 Å². The van der Waals surface area contributed by atoms with E-state index in [0.29, 0.717) is 5.75 Å². The second kappa shape index (κ2) is 5.20. The van der Waals surface area contributed by atoms with E-state index >= 15 is 0 Å². The molecule has 0 aliphatic rings. The van der Waals surface area contributed by atoms with Crippen molar-refractivity contribution in [2.45, 2.75) is 52.4 Å². The highest BCUT2D eigenvalue weighted by molar-refractivity contribution is 5.83. The van der Waals surface area contributed by atoms with Crippen molar-refractivity contribution in [2.24, 2.45) is 0 Å². The number of hydrogen-bond donors (Lipinski definition) is 0. The number of carbonyl (C=O) groups is 1. The molecule has 1 rings (SSSR count). The van der Waals surface area contributed by atoms with E-state index in [2.05, 4.69) is 54.2 Å². The molecule has 0 radical (unpaired) electrons. The number of hydrogen-bond acceptors (Lipinski definition) is 2. The van der Waals surface area contributed by atoms with Gasteiger partial charge in [-0.15, -0.1) is 0 Å². The van der Waals surface area contributed by atoms with Crippen LogP contribution in [0.1, 0.15) is 52.7 Å². The lowest BCUT2D eigenvalue weighted by Crippen LogP contribution is -2.17. The van der Waals surface area contributed by atoms with Gasteiger partial charge < -0.3 is 4.74 Å². The quantitative estimate of drug-likeness (QED) is 0.448. The van der Waals surface area contributed by atoms with Crippen LogP contribution in [0.5, 0.6) is 5.75 Å². The van der Waals surface area contributed by atoms with Crippen molar-refractivity contribution >= 4 is 5.97 Å². The fourth-order valence-electron chi connectivity index (χ4n) is 1.68. The number of benzene rings is 1. The molecule has 0 aliphatic carbocycles. The van der Waals surface area contributed by atoms with Crippen molar-refractivity contribution in [3.8, 4) is 5.75 Å². The number of rotatable bonds is 2. The first-order chi connectivity index (χ1) is 8.54. The van der Waals surface area contributed by atoms with E-state index in [-0.39, 0.29) is 10.8 Å². The molecule has 0 bridgehead atoms. The fraction of sp³-hybridized carbons (Fsp3) is 0.471. The highest BCUT2D eigenvalue weighted by Gasteiger charge is 2.21. The number of esters is 1. The smallest absolute Gasteiger partial charge is 0.335 e. The summed E-state index contributed by atoms with van der Waals surface area (Å²) in [6.07, 6.45) is 1.18. The SMILES string of the molecule is C=CC(=O)Oc1cc(C(C)(C)C)cc(C(C)(C)C)c1. The Hall–Kier alpha value is -1.57. The van der Waals surface area contributed by atoms with Gasteiger partial charge in [0.15, 0.2) is 0 Å². The maximum atomic E-state index is 11.4. The van der Waals surface area contributed by atoms with E-state index in [1.807, 2.05) is 12.1 Å². The minimum absolute atomic E-state index is 0.0105. The van der Waals surface area contributed by atoms with Crippen LogP contribution in [0.2, 0.25) is 0 Å². The van der Waals surface area contributed by atoms with Gasteiger partial charge in [-0.1, -0.05) is 54.2 Å². The summed E-state index contributed by atoms with van der Waals surface area (Å²) in [5.41, 5.74) is 2.34. The Balaban J connectivity index is 3.32. The Kier molecular flexibility index (Phi) is 4.24. The number of ether oxygens (including phenoxy) is 1. The Morgan fingerprint density at radius 2 is 1.42 bits per heavy atom. The predicted molar refractivity (Wildman–Crippen MR) is 79.7 cm³/mol. The summed E-state index contributed by atoms with van der Waals surface area (Å²) in [5, 5.41) is 0. The molecule has 2 nitrogen and oxygen atoms in total. The summed E-state index contributed by atoms with van der Waals surface area (Å²) >= 11 is 0. The first kappa shape index (κ1) is 15.5. The molecule has 0 spiro atoms. The van der Waals surface area contributed by atoms with Gasteiger partial charge in [0.25, 0.3) is 0 Å². The van der Waals surface area contributed by atoms with Gasteiger partial charge in [-0.3, -0.25) is 0 Å². The van der Waals surface area contributed by atoms with Gasteiger partial charge in [-0.2, -0.15) is 0 Å². The Labute approximate surface area is 116 Å². The molecule has 0 saturated heterocycles.